The zero-order valence-electron chi connectivity index (χ0n) is 18.4. The lowest BCUT2D eigenvalue weighted by Gasteiger charge is -2.12. The maximum absolute atomic E-state index is 12.5. The summed E-state index contributed by atoms with van der Waals surface area (Å²) in [5, 5.41) is 1.43. The van der Waals surface area contributed by atoms with Gasteiger partial charge in [0, 0.05) is 36.2 Å². The van der Waals surface area contributed by atoms with Gasteiger partial charge in [0.25, 0.3) is 5.91 Å². The van der Waals surface area contributed by atoms with E-state index >= 15 is 0 Å². The summed E-state index contributed by atoms with van der Waals surface area (Å²) in [5.74, 6) is 0.776. The van der Waals surface area contributed by atoms with E-state index in [1.807, 2.05) is 54.6 Å². The SMILES string of the molecule is CN=C1SC(=Cc2cc(C)n(-c3ccc(OCc4ccc(Cl)cc4)cc3)c2C)C(=O)N1C. The second kappa shape index (κ2) is 9.27. The highest BCUT2D eigenvalue weighted by Gasteiger charge is 2.30. The lowest BCUT2D eigenvalue weighted by atomic mass is 10.2. The number of halogens is 1. The van der Waals surface area contributed by atoms with Gasteiger partial charge in [-0.1, -0.05) is 23.7 Å². The van der Waals surface area contributed by atoms with Crippen LogP contribution in [-0.4, -0.2) is 34.6 Å². The molecule has 0 N–H and O–H groups in total. The van der Waals surface area contributed by atoms with Gasteiger partial charge in [-0.3, -0.25) is 14.7 Å². The van der Waals surface area contributed by atoms with Gasteiger partial charge in [-0.25, -0.2) is 0 Å². The number of hydrogen-bond donors (Lipinski definition) is 0. The molecular weight excluding hydrogens is 442 g/mol. The minimum absolute atomic E-state index is 0.0254. The minimum Gasteiger partial charge on any atom is -0.489 e. The van der Waals surface area contributed by atoms with Crippen molar-refractivity contribution in [3.63, 3.8) is 0 Å². The Labute approximate surface area is 197 Å². The first-order valence-electron chi connectivity index (χ1n) is 10.2. The van der Waals surface area contributed by atoms with Crippen molar-refractivity contribution in [2.24, 2.45) is 4.99 Å². The summed E-state index contributed by atoms with van der Waals surface area (Å²) in [6.45, 7) is 4.61. The second-order valence-corrected chi connectivity index (χ2v) is 9.00. The molecule has 1 saturated heterocycles. The van der Waals surface area contributed by atoms with E-state index in [9.17, 15) is 4.79 Å². The molecule has 2 heterocycles. The number of hydrogen-bond acceptors (Lipinski definition) is 4. The molecule has 3 aromatic rings. The van der Waals surface area contributed by atoms with E-state index in [4.69, 9.17) is 16.3 Å². The van der Waals surface area contributed by atoms with E-state index in [1.54, 1.807) is 19.0 Å². The molecule has 32 heavy (non-hydrogen) atoms. The molecule has 1 aliphatic rings. The summed E-state index contributed by atoms with van der Waals surface area (Å²) < 4.78 is 8.08. The third kappa shape index (κ3) is 4.47. The molecule has 1 fully saturated rings. The summed E-state index contributed by atoms with van der Waals surface area (Å²) >= 11 is 7.34. The number of aryl methyl sites for hydroxylation is 1. The third-order valence-electron chi connectivity index (χ3n) is 5.37. The molecule has 7 heteroatoms. The number of rotatable bonds is 5. The number of benzene rings is 2. The van der Waals surface area contributed by atoms with Crippen molar-refractivity contribution in [3.05, 3.63) is 87.0 Å². The van der Waals surface area contributed by atoms with Crippen LogP contribution in [0.15, 0.2) is 64.5 Å². The van der Waals surface area contributed by atoms with E-state index in [2.05, 4.69) is 29.5 Å². The molecule has 0 saturated carbocycles. The van der Waals surface area contributed by atoms with E-state index in [0.717, 1.165) is 34.0 Å². The lowest BCUT2D eigenvalue weighted by molar-refractivity contribution is -0.121. The fourth-order valence-electron chi connectivity index (χ4n) is 3.66. The average Bonchev–Trinajstić information content (AvgIpc) is 3.23. The molecule has 0 unspecified atom stereocenters. The minimum atomic E-state index is -0.0254. The number of likely N-dealkylation sites (N-methyl/N-ethyl adjacent to an activating group) is 1. The first-order valence-corrected chi connectivity index (χ1v) is 11.4. The molecule has 0 atom stereocenters. The van der Waals surface area contributed by atoms with Crippen molar-refractivity contribution >= 4 is 40.5 Å². The Kier molecular flexibility index (Phi) is 6.44. The summed E-state index contributed by atoms with van der Waals surface area (Å²) in [4.78, 5) is 18.9. The Hall–Kier alpha value is -2.96. The molecule has 0 radical (unpaired) electrons. The summed E-state index contributed by atoms with van der Waals surface area (Å²) in [5.41, 5.74) is 5.30. The van der Waals surface area contributed by atoms with E-state index in [1.165, 1.54) is 11.8 Å². The van der Waals surface area contributed by atoms with Crippen molar-refractivity contribution in [2.45, 2.75) is 20.5 Å². The molecule has 2 aromatic carbocycles. The van der Waals surface area contributed by atoms with Crippen LogP contribution in [-0.2, 0) is 11.4 Å². The Morgan fingerprint density at radius 1 is 1.09 bits per heavy atom. The number of carbonyl (C=O) groups is 1. The maximum Gasteiger partial charge on any atom is 0.266 e. The number of amides is 1. The zero-order valence-corrected chi connectivity index (χ0v) is 20.0. The fraction of sp³-hybridized carbons (Fsp3) is 0.200. The largest absolute Gasteiger partial charge is 0.489 e. The smallest absolute Gasteiger partial charge is 0.266 e. The molecule has 164 valence electrons. The van der Waals surface area contributed by atoms with Crippen molar-refractivity contribution in [3.8, 4) is 11.4 Å². The molecule has 1 aliphatic heterocycles. The van der Waals surface area contributed by atoms with Crippen LogP contribution < -0.4 is 4.74 Å². The van der Waals surface area contributed by atoms with Crippen molar-refractivity contribution in [1.82, 2.24) is 9.47 Å². The average molecular weight is 466 g/mol. The Morgan fingerprint density at radius 2 is 1.78 bits per heavy atom. The Bertz CT molecular complexity index is 1210. The van der Waals surface area contributed by atoms with E-state index in [0.29, 0.717) is 21.7 Å². The number of thioether (sulfide) groups is 1. The van der Waals surface area contributed by atoms with Crippen LogP contribution in [0.1, 0.15) is 22.5 Å². The normalized spacial score (nSPS) is 16.4. The van der Waals surface area contributed by atoms with Gasteiger partial charge in [-0.15, -0.1) is 0 Å². The highest BCUT2D eigenvalue weighted by molar-refractivity contribution is 8.18. The Morgan fingerprint density at radius 3 is 2.41 bits per heavy atom. The zero-order chi connectivity index (χ0) is 22.8. The number of nitrogens with zero attached hydrogens (tertiary/aromatic N) is 3. The van der Waals surface area contributed by atoms with Crippen LogP contribution in [0, 0.1) is 13.8 Å². The lowest BCUT2D eigenvalue weighted by Crippen LogP contribution is -2.23. The van der Waals surface area contributed by atoms with Crippen molar-refractivity contribution in [1.29, 1.82) is 0 Å². The monoisotopic (exact) mass is 465 g/mol. The van der Waals surface area contributed by atoms with Crippen LogP contribution in [0.5, 0.6) is 5.75 Å². The molecule has 0 aliphatic carbocycles. The standard InChI is InChI=1S/C25H24ClN3O2S/c1-16-13-19(14-23-24(30)28(4)25(27-3)32-23)17(2)29(16)21-9-11-22(12-10-21)31-15-18-5-7-20(26)8-6-18/h5-14H,15H2,1-4H3. The molecule has 1 amide bonds. The predicted octanol–water partition coefficient (Wildman–Crippen LogP) is 5.86. The highest BCUT2D eigenvalue weighted by atomic mass is 35.5. The van der Waals surface area contributed by atoms with Gasteiger partial charge in [-0.05, 0) is 85.3 Å². The molecule has 5 nitrogen and oxygen atoms in total. The number of aliphatic imine (C=N–C) groups is 1. The first-order chi connectivity index (χ1) is 15.4. The summed E-state index contributed by atoms with van der Waals surface area (Å²) in [6, 6.07) is 17.8. The summed E-state index contributed by atoms with van der Waals surface area (Å²) in [6.07, 6.45) is 1.95. The highest BCUT2D eigenvalue weighted by Crippen LogP contribution is 2.33. The van der Waals surface area contributed by atoms with Crippen LogP contribution in [0.3, 0.4) is 0 Å². The Balaban J connectivity index is 1.53. The first kappa shape index (κ1) is 22.2. The van der Waals surface area contributed by atoms with Gasteiger partial charge in [0.15, 0.2) is 5.17 Å². The maximum atomic E-state index is 12.5. The van der Waals surface area contributed by atoms with Crippen molar-refractivity contribution in [2.75, 3.05) is 14.1 Å². The molecule has 4 rings (SSSR count). The van der Waals surface area contributed by atoms with Gasteiger partial charge < -0.3 is 9.30 Å². The number of amidine groups is 1. The molecule has 0 bridgehead atoms. The molecule has 0 spiro atoms. The van der Waals surface area contributed by atoms with E-state index < -0.39 is 0 Å². The van der Waals surface area contributed by atoms with Crippen LogP contribution in [0.25, 0.3) is 11.8 Å². The van der Waals surface area contributed by atoms with Crippen LogP contribution >= 0.6 is 23.4 Å². The third-order valence-corrected chi connectivity index (χ3v) is 6.77. The van der Waals surface area contributed by atoms with E-state index in [-0.39, 0.29) is 5.91 Å². The topological polar surface area (TPSA) is 46.8 Å². The molecular formula is C25H24ClN3O2S. The van der Waals surface area contributed by atoms with Gasteiger partial charge >= 0.3 is 0 Å². The summed E-state index contributed by atoms with van der Waals surface area (Å²) in [7, 11) is 3.45. The predicted molar refractivity (Wildman–Crippen MR) is 133 cm³/mol. The molecule has 1 aromatic heterocycles. The van der Waals surface area contributed by atoms with Crippen LogP contribution in [0.2, 0.25) is 5.02 Å². The van der Waals surface area contributed by atoms with Gasteiger partial charge in [-0.2, -0.15) is 0 Å². The van der Waals surface area contributed by atoms with Crippen molar-refractivity contribution < 1.29 is 9.53 Å². The number of carbonyl (C=O) groups excluding carboxylic acids is 1. The second-order valence-electron chi connectivity index (χ2n) is 7.55. The van der Waals surface area contributed by atoms with Gasteiger partial charge in [0.1, 0.15) is 12.4 Å². The number of aromatic nitrogens is 1. The van der Waals surface area contributed by atoms with Crippen LogP contribution in [0.4, 0.5) is 0 Å². The van der Waals surface area contributed by atoms with Gasteiger partial charge in [0.05, 0.1) is 4.91 Å². The fourth-order valence-corrected chi connectivity index (χ4v) is 4.70. The van der Waals surface area contributed by atoms with Gasteiger partial charge in [0.2, 0.25) is 0 Å². The quantitative estimate of drug-likeness (QED) is 0.443. The number of ether oxygens (including phenoxy) is 1.